The molecular formula is C18H26N2O. The van der Waals surface area contributed by atoms with E-state index < -0.39 is 0 Å². The van der Waals surface area contributed by atoms with E-state index in [0.29, 0.717) is 12.0 Å². The van der Waals surface area contributed by atoms with Gasteiger partial charge in [-0.25, -0.2) is 0 Å². The number of piperidine rings is 1. The number of rotatable bonds is 2. The molecule has 21 heavy (non-hydrogen) atoms. The second-order valence-corrected chi connectivity index (χ2v) is 6.61. The average molecular weight is 286 g/mol. The van der Waals surface area contributed by atoms with Gasteiger partial charge in [0, 0.05) is 18.2 Å². The maximum absolute atomic E-state index is 13.0. The van der Waals surface area contributed by atoms with Crippen LogP contribution in [0.15, 0.2) is 18.2 Å². The van der Waals surface area contributed by atoms with Crippen LogP contribution in [0.3, 0.4) is 0 Å². The van der Waals surface area contributed by atoms with Gasteiger partial charge < -0.3 is 10.2 Å². The van der Waals surface area contributed by atoms with Crippen molar-refractivity contribution in [2.24, 2.45) is 5.92 Å². The number of nitrogens with zero attached hydrogens (tertiary/aromatic N) is 1. The zero-order chi connectivity index (χ0) is 14.8. The van der Waals surface area contributed by atoms with Crippen molar-refractivity contribution in [3.8, 4) is 0 Å². The van der Waals surface area contributed by atoms with Gasteiger partial charge in [-0.2, -0.15) is 0 Å². The average Bonchev–Trinajstić information content (AvgIpc) is 2.99. The van der Waals surface area contributed by atoms with Gasteiger partial charge in [-0.1, -0.05) is 17.7 Å². The third-order valence-electron chi connectivity index (χ3n) is 5.11. The monoisotopic (exact) mass is 286 g/mol. The third-order valence-corrected chi connectivity index (χ3v) is 5.11. The molecule has 1 unspecified atom stereocenters. The lowest BCUT2D eigenvalue weighted by Crippen LogP contribution is -2.44. The summed E-state index contributed by atoms with van der Waals surface area (Å²) in [5, 5.41) is 3.43. The summed E-state index contributed by atoms with van der Waals surface area (Å²) in [5.74, 6) is 0.931. The standard InChI is InChI=1S/C18H26N2O/c1-13-5-6-14(2)16(12-13)18(21)20-11-3-4-17(20)15-7-9-19-10-8-15/h5-6,12,15,17,19H,3-4,7-11H2,1-2H3. The first-order valence-corrected chi connectivity index (χ1v) is 8.26. The van der Waals surface area contributed by atoms with E-state index in [9.17, 15) is 4.79 Å². The first kappa shape index (κ1) is 14.6. The Labute approximate surface area is 127 Å². The Kier molecular flexibility index (Phi) is 4.29. The number of amides is 1. The molecule has 1 aromatic carbocycles. The summed E-state index contributed by atoms with van der Waals surface area (Å²) in [4.78, 5) is 15.1. The number of hydrogen-bond donors (Lipinski definition) is 1. The number of nitrogens with one attached hydrogen (secondary N) is 1. The molecule has 2 aliphatic rings. The second-order valence-electron chi connectivity index (χ2n) is 6.61. The molecule has 0 aromatic heterocycles. The summed E-state index contributed by atoms with van der Waals surface area (Å²) >= 11 is 0. The first-order chi connectivity index (χ1) is 10.2. The van der Waals surface area contributed by atoms with E-state index in [1.165, 1.54) is 24.8 Å². The molecule has 3 rings (SSSR count). The van der Waals surface area contributed by atoms with E-state index in [-0.39, 0.29) is 5.91 Å². The lowest BCUT2D eigenvalue weighted by molar-refractivity contribution is 0.0665. The van der Waals surface area contributed by atoms with Crippen LogP contribution >= 0.6 is 0 Å². The molecule has 3 nitrogen and oxygen atoms in total. The van der Waals surface area contributed by atoms with Crippen LogP contribution in [-0.4, -0.2) is 36.5 Å². The molecular weight excluding hydrogens is 260 g/mol. The van der Waals surface area contributed by atoms with E-state index in [1.807, 2.05) is 6.92 Å². The van der Waals surface area contributed by atoms with Gasteiger partial charge in [0.2, 0.25) is 0 Å². The van der Waals surface area contributed by atoms with Gasteiger partial charge in [-0.15, -0.1) is 0 Å². The predicted molar refractivity (Wildman–Crippen MR) is 85.6 cm³/mol. The van der Waals surface area contributed by atoms with Crippen LogP contribution in [0.2, 0.25) is 0 Å². The van der Waals surface area contributed by atoms with E-state index in [4.69, 9.17) is 0 Å². The van der Waals surface area contributed by atoms with Crippen LogP contribution in [0.25, 0.3) is 0 Å². The zero-order valence-corrected chi connectivity index (χ0v) is 13.2. The van der Waals surface area contributed by atoms with E-state index >= 15 is 0 Å². The lowest BCUT2D eigenvalue weighted by Gasteiger charge is -2.34. The van der Waals surface area contributed by atoms with Gasteiger partial charge in [-0.05, 0) is 70.2 Å². The van der Waals surface area contributed by atoms with Gasteiger partial charge in [0.25, 0.3) is 5.91 Å². The molecule has 1 aromatic rings. The maximum Gasteiger partial charge on any atom is 0.254 e. The molecule has 3 heteroatoms. The number of carbonyl (C=O) groups excluding carboxylic acids is 1. The fraction of sp³-hybridized carbons (Fsp3) is 0.611. The predicted octanol–water partition coefficient (Wildman–Crippen LogP) is 2.91. The lowest BCUT2D eigenvalue weighted by atomic mass is 9.88. The fourth-order valence-corrected chi connectivity index (χ4v) is 3.88. The maximum atomic E-state index is 13.0. The molecule has 0 aliphatic carbocycles. The highest BCUT2D eigenvalue weighted by Crippen LogP contribution is 2.31. The number of aryl methyl sites for hydroxylation is 2. The highest BCUT2D eigenvalue weighted by molar-refractivity contribution is 5.96. The number of carbonyl (C=O) groups is 1. The number of likely N-dealkylation sites (tertiary alicyclic amines) is 1. The van der Waals surface area contributed by atoms with Gasteiger partial charge >= 0.3 is 0 Å². The van der Waals surface area contributed by atoms with E-state index in [2.05, 4.69) is 35.3 Å². The van der Waals surface area contributed by atoms with Crippen molar-refractivity contribution in [2.75, 3.05) is 19.6 Å². The number of benzene rings is 1. The van der Waals surface area contributed by atoms with Gasteiger partial charge in [-0.3, -0.25) is 4.79 Å². The minimum Gasteiger partial charge on any atom is -0.335 e. The Bertz CT molecular complexity index is 520. The van der Waals surface area contributed by atoms with Crippen molar-refractivity contribution in [2.45, 2.75) is 45.6 Å². The SMILES string of the molecule is Cc1ccc(C)c(C(=O)N2CCCC2C2CCNCC2)c1. The molecule has 0 radical (unpaired) electrons. The Morgan fingerprint density at radius 3 is 2.71 bits per heavy atom. The summed E-state index contributed by atoms with van der Waals surface area (Å²) in [6.07, 6.45) is 4.76. The highest BCUT2D eigenvalue weighted by atomic mass is 16.2. The van der Waals surface area contributed by atoms with Gasteiger partial charge in [0.05, 0.1) is 0 Å². The van der Waals surface area contributed by atoms with Gasteiger partial charge in [0.1, 0.15) is 0 Å². The third kappa shape index (κ3) is 2.98. The Morgan fingerprint density at radius 2 is 1.95 bits per heavy atom. The zero-order valence-electron chi connectivity index (χ0n) is 13.2. The van der Waals surface area contributed by atoms with E-state index in [0.717, 1.165) is 37.2 Å². The molecule has 2 saturated heterocycles. The molecule has 1 N–H and O–H groups in total. The minimum atomic E-state index is 0.247. The summed E-state index contributed by atoms with van der Waals surface area (Å²) in [6, 6.07) is 6.66. The van der Waals surface area contributed by atoms with Crippen LogP contribution in [0.1, 0.15) is 47.2 Å². The Balaban J connectivity index is 1.80. The smallest absolute Gasteiger partial charge is 0.254 e. The largest absolute Gasteiger partial charge is 0.335 e. The van der Waals surface area contributed by atoms with Gasteiger partial charge in [0.15, 0.2) is 0 Å². The number of hydrogen-bond acceptors (Lipinski definition) is 2. The van der Waals surface area contributed by atoms with Crippen molar-refractivity contribution >= 4 is 5.91 Å². The summed E-state index contributed by atoms with van der Waals surface area (Å²) in [7, 11) is 0. The molecule has 1 amide bonds. The quantitative estimate of drug-likeness (QED) is 0.906. The van der Waals surface area contributed by atoms with Crippen LogP contribution in [0.4, 0.5) is 0 Å². The normalized spacial score (nSPS) is 23.5. The molecule has 0 saturated carbocycles. The molecule has 0 spiro atoms. The van der Waals surface area contributed by atoms with Crippen LogP contribution in [0.5, 0.6) is 0 Å². The van der Waals surface area contributed by atoms with Crippen LogP contribution in [0, 0.1) is 19.8 Å². The Morgan fingerprint density at radius 1 is 1.19 bits per heavy atom. The van der Waals surface area contributed by atoms with E-state index in [1.54, 1.807) is 0 Å². The summed E-state index contributed by atoms with van der Waals surface area (Å²) in [6.45, 7) is 7.24. The summed E-state index contributed by atoms with van der Waals surface area (Å²) in [5.41, 5.74) is 3.17. The van der Waals surface area contributed by atoms with Crippen molar-refractivity contribution in [1.82, 2.24) is 10.2 Å². The van der Waals surface area contributed by atoms with Crippen molar-refractivity contribution in [1.29, 1.82) is 0 Å². The summed E-state index contributed by atoms with van der Waals surface area (Å²) < 4.78 is 0. The molecule has 2 fully saturated rings. The molecule has 114 valence electrons. The topological polar surface area (TPSA) is 32.3 Å². The first-order valence-electron chi connectivity index (χ1n) is 8.26. The fourth-order valence-electron chi connectivity index (χ4n) is 3.88. The molecule has 2 aliphatic heterocycles. The minimum absolute atomic E-state index is 0.247. The molecule has 2 heterocycles. The van der Waals surface area contributed by atoms with Crippen molar-refractivity contribution < 1.29 is 4.79 Å². The van der Waals surface area contributed by atoms with Crippen LogP contribution in [-0.2, 0) is 0 Å². The van der Waals surface area contributed by atoms with Crippen molar-refractivity contribution in [3.05, 3.63) is 34.9 Å². The second kappa shape index (κ2) is 6.18. The van der Waals surface area contributed by atoms with Crippen LogP contribution < -0.4 is 5.32 Å². The highest BCUT2D eigenvalue weighted by Gasteiger charge is 2.35. The van der Waals surface area contributed by atoms with Crippen molar-refractivity contribution in [3.63, 3.8) is 0 Å². The Hall–Kier alpha value is -1.35. The molecule has 1 atom stereocenters. The molecule has 0 bridgehead atoms.